The molecule has 0 saturated carbocycles. The number of carbonyl (C=O) groups excluding carboxylic acids is 2. The first-order valence-electron chi connectivity index (χ1n) is 8.49. The Morgan fingerprint density at radius 2 is 1.33 bits per heavy atom. The van der Waals surface area contributed by atoms with Gasteiger partial charge >= 0.3 is 0 Å². The summed E-state index contributed by atoms with van der Waals surface area (Å²) in [6.07, 6.45) is 1.07. The predicted molar refractivity (Wildman–Crippen MR) is 98.3 cm³/mol. The summed E-state index contributed by atoms with van der Waals surface area (Å²) in [5, 5.41) is 0. The van der Waals surface area contributed by atoms with Crippen molar-refractivity contribution in [3.05, 3.63) is 70.8 Å². The van der Waals surface area contributed by atoms with Crippen LogP contribution in [0.5, 0.6) is 0 Å². The lowest BCUT2D eigenvalue weighted by Crippen LogP contribution is -2.24. The molecule has 0 bridgehead atoms. The van der Waals surface area contributed by atoms with E-state index < -0.39 is 0 Å². The van der Waals surface area contributed by atoms with Gasteiger partial charge in [-0.3, -0.25) is 4.79 Å². The third-order valence-corrected chi connectivity index (χ3v) is 4.60. The predicted octanol–water partition coefficient (Wildman–Crippen LogP) is 4.81. The van der Waals surface area contributed by atoms with Crippen LogP contribution in [0.15, 0.2) is 48.5 Å². The highest BCUT2D eigenvalue weighted by Gasteiger charge is 2.28. The lowest BCUT2D eigenvalue weighted by atomic mass is 9.77. The number of Topliss-reactive ketones (excluding diaryl/α,β-unsaturated/α-hetero) is 2. The first-order chi connectivity index (χ1) is 11.4. The summed E-state index contributed by atoms with van der Waals surface area (Å²) in [5.41, 5.74) is 4.60. The Hall–Kier alpha value is -2.22. The number of ketones is 2. The molecule has 126 valence electrons. The molecule has 0 aliphatic carbocycles. The summed E-state index contributed by atoms with van der Waals surface area (Å²) in [6.45, 7) is 7.33. The molecule has 2 heteroatoms. The molecular formula is C22H26O2. The molecule has 2 aromatic carbocycles. The quantitative estimate of drug-likeness (QED) is 0.733. The minimum atomic E-state index is -0.181. The highest BCUT2D eigenvalue weighted by atomic mass is 16.1. The summed E-state index contributed by atoms with van der Waals surface area (Å²) < 4.78 is 0. The molecule has 0 spiro atoms. The van der Waals surface area contributed by atoms with Crippen molar-refractivity contribution in [2.24, 2.45) is 5.92 Å². The van der Waals surface area contributed by atoms with Crippen molar-refractivity contribution in [1.29, 1.82) is 0 Å². The molecule has 0 fully saturated rings. The van der Waals surface area contributed by atoms with E-state index in [0.717, 1.165) is 11.1 Å². The smallest absolute Gasteiger partial charge is 0.133 e. The van der Waals surface area contributed by atoms with Crippen molar-refractivity contribution in [3.8, 4) is 0 Å². The second kappa shape index (κ2) is 8.05. The fourth-order valence-electron chi connectivity index (χ4n) is 3.16. The molecule has 0 amide bonds. The van der Waals surface area contributed by atoms with E-state index >= 15 is 0 Å². The van der Waals surface area contributed by atoms with Crippen LogP contribution < -0.4 is 0 Å². The molecular weight excluding hydrogens is 296 g/mol. The van der Waals surface area contributed by atoms with E-state index in [-0.39, 0.29) is 23.4 Å². The van der Waals surface area contributed by atoms with Crippen LogP contribution in [0.1, 0.15) is 48.4 Å². The molecule has 0 aliphatic rings. The number of hydrogen-bond acceptors (Lipinski definition) is 2. The van der Waals surface area contributed by atoms with E-state index in [1.165, 1.54) is 11.1 Å². The lowest BCUT2D eigenvalue weighted by molar-refractivity contribution is -0.122. The molecule has 2 rings (SSSR count). The number of rotatable bonds is 7. The van der Waals surface area contributed by atoms with Gasteiger partial charge in [-0.1, -0.05) is 59.7 Å². The highest BCUT2D eigenvalue weighted by Crippen LogP contribution is 2.32. The maximum Gasteiger partial charge on any atom is 0.133 e. The fraction of sp³-hybridized carbons (Fsp3) is 0.364. The Bertz CT molecular complexity index is 696. The molecule has 24 heavy (non-hydrogen) atoms. The first kappa shape index (κ1) is 18.1. The van der Waals surface area contributed by atoms with Crippen LogP contribution in [0.25, 0.3) is 0 Å². The Labute approximate surface area is 144 Å². The first-order valence-corrected chi connectivity index (χ1v) is 8.49. The van der Waals surface area contributed by atoms with Crippen molar-refractivity contribution in [1.82, 2.24) is 0 Å². The van der Waals surface area contributed by atoms with Gasteiger partial charge < -0.3 is 4.79 Å². The average Bonchev–Trinajstić information content (AvgIpc) is 2.53. The van der Waals surface area contributed by atoms with Crippen molar-refractivity contribution in [2.45, 2.75) is 46.5 Å². The van der Waals surface area contributed by atoms with E-state index in [9.17, 15) is 9.59 Å². The summed E-state index contributed by atoms with van der Waals surface area (Å²) >= 11 is 0. The largest absolute Gasteiger partial charge is 0.300 e. The van der Waals surface area contributed by atoms with Gasteiger partial charge in [0.05, 0.1) is 0 Å². The Balaban J connectivity index is 2.34. The number of hydrogen-bond donors (Lipinski definition) is 0. The molecule has 0 aliphatic heterocycles. The number of aryl methyl sites for hydroxylation is 2. The van der Waals surface area contributed by atoms with Crippen LogP contribution in [0.2, 0.25) is 0 Å². The lowest BCUT2D eigenvalue weighted by Gasteiger charge is -2.25. The van der Waals surface area contributed by atoms with Crippen LogP contribution in [-0.4, -0.2) is 11.6 Å². The molecule has 0 aromatic heterocycles. The second-order valence-electron chi connectivity index (χ2n) is 6.83. The van der Waals surface area contributed by atoms with Gasteiger partial charge in [-0.2, -0.15) is 0 Å². The van der Waals surface area contributed by atoms with Crippen molar-refractivity contribution >= 4 is 11.6 Å². The Morgan fingerprint density at radius 3 is 1.79 bits per heavy atom. The van der Waals surface area contributed by atoms with Gasteiger partial charge in [0.1, 0.15) is 11.6 Å². The van der Waals surface area contributed by atoms with Crippen LogP contribution >= 0.6 is 0 Å². The van der Waals surface area contributed by atoms with E-state index in [1.54, 1.807) is 13.8 Å². The van der Waals surface area contributed by atoms with E-state index in [4.69, 9.17) is 0 Å². The van der Waals surface area contributed by atoms with E-state index in [0.29, 0.717) is 12.8 Å². The summed E-state index contributed by atoms with van der Waals surface area (Å²) in [5.74, 6) is 0.0133. The van der Waals surface area contributed by atoms with Crippen LogP contribution in [0.3, 0.4) is 0 Å². The third-order valence-electron chi connectivity index (χ3n) is 4.60. The van der Waals surface area contributed by atoms with Crippen molar-refractivity contribution in [3.63, 3.8) is 0 Å². The Morgan fingerprint density at radius 1 is 0.833 bits per heavy atom. The summed E-state index contributed by atoms with van der Waals surface area (Å²) in [4.78, 5) is 24.2. The van der Waals surface area contributed by atoms with Gasteiger partial charge in [0.25, 0.3) is 0 Å². The molecule has 2 nitrogen and oxygen atoms in total. The van der Waals surface area contributed by atoms with Crippen LogP contribution in [0.4, 0.5) is 0 Å². The van der Waals surface area contributed by atoms with Gasteiger partial charge in [-0.15, -0.1) is 0 Å². The monoisotopic (exact) mass is 322 g/mol. The van der Waals surface area contributed by atoms with Gasteiger partial charge in [0.15, 0.2) is 0 Å². The minimum Gasteiger partial charge on any atom is -0.300 e. The van der Waals surface area contributed by atoms with Gasteiger partial charge in [0.2, 0.25) is 0 Å². The molecule has 0 radical (unpaired) electrons. The zero-order valence-electron chi connectivity index (χ0n) is 15.0. The van der Waals surface area contributed by atoms with Gasteiger partial charge in [-0.05, 0) is 45.2 Å². The summed E-state index contributed by atoms with van der Waals surface area (Å²) in [6, 6.07) is 16.5. The molecule has 0 heterocycles. The van der Waals surface area contributed by atoms with Crippen LogP contribution in [-0.2, 0) is 16.0 Å². The molecule has 2 aromatic rings. The zero-order chi connectivity index (χ0) is 17.7. The maximum atomic E-state index is 12.4. The Kier molecular flexibility index (Phi) is 6.08. The van der Waals surface area contributed by atoms with E-state index in [1.807, 2.05) is 31.2 Å². The number of carbonyl (C=O) groups is 2. The van der Waals surface area contributed by atoms with Crippen molar-refractivity contribution < 1.29 is 9.59 Å². The standard InChI is InChI=1S/C22H26O2/c1-15-5-9-19(10-6-15)14-21(18(4)24)22(13-17(3)23)20-11-7-16(2)8-12-20/h5-12,21-22H,13-14H2,1-4H3. The summed E-state index contributed by atoms with van der Waals surface area (Å²) in [7, 11) is 0. The van der Waals surface area contributed by atoms with Gasteiger partial charge in [0, 0.05) is 18.3 Å². The maximum absolute atomic E-state index is 12.4. The third kappa shape index (κ3) is 4.89. The average molecular weight is 322 g/mol. The molecule has 0 saturated heterocycles. The van der Waals surface area contributed by atoms with Crippen molar-refractivity contribution in [2.75, 3.05) is 0 Å². The van der Waals surface area contributed by atoms with Gasteiger partial charge in [-0.25, -0.2) is 0 Å². The zero-order valence-corrected chi connectivity index (χ0v) is 15.0. The minimum absolute atomic E-state index is 0.0677. The van der Waals surface area contributed by atoms with Crippen LogP contribution in [0, 0.1) is 19.8 Å². The molecule has 2 unspecified atom stereocenters. The molecule has 0 N–H and O–H groups in total. The normalized spacial score (nSPS) is 13.3. The highest BCUT2D eigenvalue weighted by molar-refractivity contribution is 5.82. The fourth-order valence-corrected chi connectivity index (χ4v) is 3.16. The second-order valence-corrected chi connectivity index (χ2v) is 6.83. The van der Waals surface area contributed by atoms with E-state index in [2.05, 4.69) is 31.2 Å². The topological polar surface area (TPSA) is 34.1 Å². The molecule has 2 atom stereocenters. The number of benzene rings is 2. The SMILES string of the molecule is CC(=O)CC(c1ccc(C)cc1)C(Cc1ccc(C)cc1)C(C)=O.